The van der Waals surface area contributed by atoms with Crippen LogP contribution in [0, 0.1) is 0 Å². The van der Waals surface area contributed by atoms with E-state index in [2.05, 4.69) is 35.6 Å². The number of imidazole rings is 1. The fourth-order valence-corrected chi connectivity index (χ4v) is 2.62. The van der Waals surface area contributed by atoms with E-state index in [0.717, 1.165) is 16.6 Å². The molecule has 132 valence electrons. The molecule has 0 fully saturated rings. The lowest BCUT2D eigenvalue weighted by Gasteiger charge is -2.15. The highest BCUT2D eigenvalue weighted by molar-refractivity contribution is 5.85. The summed E-state index contributed by atoms with van der Waals surface area (Å²) in [5, 5.41) is 25.7. The van der Waals surface area contributed by atoms with Gasteiger partial charge in [0, 0.05) is 17.3 Å². The second kappa shape index (κ2) is 6.90. The highest BCUT2D eigenvalue weighted by Gasteiger charge is 2.14. The molecule has 0 saturated heterocycles. The molecule has 0 aliphatic heterocycles. The molecule has 0 aliphatic rings. The number of H-pyrrole nitrogens is 1. The molecule has 0 saturated carbocycles. The monoisotopic (exact) mass is 351 g/mol. The molecule has 1 aromatic carbocycles. The molecule has 0 unspecified atom stereocenters. The van der Waals surface area contributed by atoms with E-state index in [1.165, 1.54) is 6.33 Å². The third-order valence-corrected chi connectivity index (χ3v) is 3.92. The first-order valence-electron chi connectivity index (χ1n) is 8.08. The van der Waals surface area contributed by atoms with Gasteiger partial charge in [-0.1, -0.05) is 6.07 Å². The molecular formula is C17H17N7O2. The van der Waals surface area contributed by atoms with Crippen LogP contribution in [0.1, 0.15) is 0 Å². The van der Waals surface area contributed by atoms with Crippen LogP contribution >= 0.6 is 0 Å². The summed E-state index contributed by atoms with van der Waals surface area (Å²) >= 11 is 0. The number of hydrogen-bond acceptors (Lipinski definition) is 8. The van der Waals surface area contributed by atoms with Crippen molar-refractivity contribution in [2.45, 2.75) is 6.04 Å². The zero-order valence-corrected chi connectivity index (χ0v) is 13.7. The summed E-state index contributed by atoms with van der Waals surface area (Å²) in [7, 11) is 0. The number of fused-ring (bicyclic) bond motifs is 2. The molecule has 0 spiro atoms. The van der Waals surface area contributed by atoms with Crippen molar-refractivity contribution in [1.29, 1.82) is 0 Å². The van der Waals surface area contributed by atoms with E-state index in [-0.39, 0.29) is 13.2 Å². The van der Waals surface area contributed by atoms with Crippen LogP contribution in [0.25, 0.3) is 22.1 Å². The number of hydrogen-bond donors (Lipinski definition) is 5. The summed E-state index contributed by atoms with van der Waals surface area (Å²) in [5.41, 5.74) is 2.79. The van der Waals surface area contributed by atoms with Crippen molar-refractivity contribution in [3.63, 3.8) is 0 Å². The Bertz CT molecular complexity index is 1050. The maximum Gasteiger partial charge on any atom is 0.231 e. The molecule has 3 aromatic heterocycles. The highest BCUT2D eigenvalue weighted by atomic mass is 16.3. The van der Waals surface area contributed by atoms with Gasteiger partial charge in [-0.05, 0) is 24.3 Å². The Kier molecular flexibility index (Phi) is 4.30. The van der Waals surface area contributed by atoms with Crippen molar-refractivity contribution in [3.05, 3.63) is 42.9 Å². The minimum atomic E-state index is -0.538. The molecule has 3 heterocycles. The largest absolute Gasteiger partial charge is 0.394 e. The van der Waals surface area contributed by atoms with Crippen LogP contribution in [0.2, 0.25) is 0 Å². The van der Waals surface area contributed by atoms with E-state index >= 15 is 0 Å². The molecule has 0 atom stereocenters. The summed E-state index contributed by atoms with van der Waals surface area (Å²) in [6.45, 7) is -0.459. The first kappa shape index (κ1) is 16.2. The Morgan fingerprint density at radius 2 is 1.96 bits per heavy atom. The predicted octanol–water partition coefficient (Wildman–Crippen LogP) is 1.41. The first-order valence-corrected chi connectivity index (χ1v) is 8.08. The molecule has 0 bridgehead atoms. The first-order chi connectivity index (χ1) is 12.8. The summed E-state index contributed by atoms with van der Waals surface area (Å²) in [6.07, 6.45) is 3.27. The van der Waals surface area contributed by atoms with Crippen molar-refractivity contribution < 1.29 is 10.2 Å². The van der Waals surface area contributed by atoms with E-state index < -0.39 is 6.04 Å². The lowest BCUT2D eigenvalue weighted by atomic mass is 10.2. The quantitative estimate of drug-likeness (QED) is 0.352. The number of aliphatic hydroxyl groups excluding tert-OH is 2. The summed E-state index contributed by atoms with van der Waals surface area (Å²) in [5.74, 6) is 0.788. The van der Waals surface area contributed by atoms with Crippen molar-refractivity contribution in [2.75, 3.05) is 23.8 Å². The number of aliphatic hydroxyl groups is 2. The number of pyridine rings is 1. The molecule has 4 rings (SSSR count). The number of nitrogens with zero attached hydrogens (tertiary/aromatic N) is 4. The van der Waals surface area contributed by atoms with Crippen LogP contribution in [0.15, 0.2) is 42.9 Å². The van der Waals surface area contributed by atoms with Crippen molar-refractivity contribution in [3.8, 4) is 0 Å². The van der Waals surface area contributed by atoms with Gasteiger partial charge in [-0.2, -0.15) is 9.97 Å². The normalized spacial score (nSPS) is 11.3. The number of aromatic nitrogens is 5. The topological polar surface area (TPSA) is 132 Å². The molecule has 0 radical (unpaired) electrons. The fraction of sp³-hybridized carbons (Fsp3) is 0.176. The Hall–Kier alpha value is -3.30. The van der Waals surface area contributed by atoms with Crippen molar-refractivity contribution in [2.24, 2.45) is 0 Å². The van der Waals surface area contributed by atoms with Crippen molar-refractivity contribution >= 4 is 39.5 Å². The average Bonchev–Trinajstić information content (AvgIpc) is 3.14. The number of nitrogens with one attached hydrogen (secondary N) is 3. The fourth-order valence-electron chi connectivity index (χ4n) is 2.62. The minimum absolute atomic E-state index is 0.229. The Labute approximate surface area is 148 Å². The zero-order valence-electron chi connectivity index (χ0n) is 13.7. The van der Waals surface area contributed by atoms with Gasteiger partial charge in [0.1, 0.15) is 5.52 Å². The van der Waals surface area contributed by atoms with Crippen LogP contribution in [0.3, 0.4) is 0 Å². The Balaban J connectivity index is 1.69. The van der Waals surface area contributed by atoms with Gasteiger partial charge in [0.2, 0.25) is 5.95 Å². The Morgan fingerprint density at radius 1 is 1.08 bits per heavy atom. The second-order valence-electron chi connectivity index (χ2n) is 5.74. The molecular weight excluding hydrogens is 334 g/mol. The lowest BCUT2D eigenvalue weighted by molar-refractivity contribution is 0.203. The third-order valence-electron chi connectivity index (χ3n) is 3.92. The van der Waals surface area contributed by atoms with Crippen LogP contribution in [0.5, 0.6) is 0 Å². The number of rotatable bonds is 6. The molecule has 0 aliphatic carbocycles. The molecule has 4 aromatic rings. The number of aromatic amines is 1. The van der Waals surface area contributed by atoms with Gasteiger partial charge in [0.15, 0.2) is 11.5 Å². The molecule has 26 heavy (non-hydrogen) atoms. The third kappa shape index (κ3) is 3.13. The smallest absolute Gasteiger partial charge is 0.231 e. The van der Waals surface area contributed by atoms with E-state index in [9.17, 15) is 10.2 Å². The summed E-state index contributed by atoms with van der Waals surface area (Å²) < 4.78 is 0. The average molecular weight is 351 g/mol. The highest BCUT2D eigenvalue weighted by Crippen LogP contribution is 2.23. The van der Waals surface area contributed by atoms with Crippen molar-refractivity contribution in [1.82, 2.24) is 24.9 Å². The summed E-state index contributed by atoms with van der Waals surface area (Å²) in [6, 6.07) is 9.09. The Morgan fingerprint density at radius 3 is 2.81 bits per heavy atom. The van der Waals surface area contributed by atoms with Crippen LogP contribution < -0.4 is 10.6 Å². The SMILES string of the molecule is OCC(CO)Nc1nc(Nc2ccc3ncccc3c2)nc2[nH]cnc12. The van der Waals surface area contributed by atoms with E-state index in [4.69, 9.17) is 0 Å². The van der Waals surface area contributed by atoms with Gasteiger partial charge < -0.3 is 25.8 Å². The van der Waals surface area contributed by atoms with E-state index in [0.29, 0.717) is 22.9 Å². The maximum absolute atomic E-state index is 9.30. The van der Waals surface area contributed by atoms with Crippen LogP contribution in [-0.4, -0.2) is 54.4 Å². The molecule has 0 amide bonds. The second-order valence-corrected chi connectivity index (χ2v) is 5.74. The van der Waals surface area contributed by atoms with Gasteiger partial charge >= 0.3 is 0 Å². The molecule has 9 nitrogen and oxygen atoms in total. The molecule has 5 N–H and O–H groups in total. The summed E-state index contributed by atoms with van der Waals surface area (Å²) in [4.78, 5) is 20.3. The minimum Gasteiger partial charge on any atom is -0.394 e. The van der Waals surface area contributed by atoms with Gasteiger partial charge in [0.25, 0.3) is 0 Å². The van der Waals surface area contributed by atoms with Crippen LogP contribution in [-0.2, 0) is 0 Å². The van der Waals surface area contributed by atoms with Gasteiger partial charge in [-0.25, -0.2) is 4.98 Å². The maximum atomic E-state index is 9.30. The van der Waals surface area contributed by atoms with Gasteiger partial charge in [-0.3, -0.25) is 4.98 Å². The van der Waals surface area contributed by atoms with Gasteiger partial charge in [-0.15, -0.1) is 0 Å². The zero-order chi connectivity index (χ0) is 17.9. The number of benzene rings is 1. The number of anilines is 3. The lowest BCUT2D eigenvalue weighted by Crippen LogP contribution is -2.28. The molecule has 9 heteroatoms. The standard InChI is InChI=1S/C17H17N7O2/c25-7-12(8-26)21-16-14-15(20-9-19-14)23-17(24-16)22-11-3-4-13-10(6-11)2-1-5-18-13/h1-6,9,12,25-26H,7-8H2,(H3,19,20,21,22,23,24). The van der Waals surface area contributed by atoms with Crippen LogP contribution in [0.4, 0.5) is 17.5 Å². The predicted molar refractivity (Wildman–Crippen MR) is 98.3 cm³/mol. The van der Waals surface area contributed by atoms with Gasteiger partial charge in [0.05, 0.1) is 31.1 Å². The van der Waals surface area contributed by atoms with E-state index in [1.54, 1.807) is 6.20 Å². The van der Waals surface area contributed by atoms with E-state index in [1.807, 2.05) is 30.3 Å².